The van der Waals surface area contributed by atoms with Crippen LogP contribution >= 0.6 is 0 Å². The van der Waals surface area contributed by atoms with Gasteiger partial charge in [-0.25, -0.2) is 0 Å². The number of aldehydes is 2. The zero-order valence-electron chi connectivity index (χ0n) is 10.7. The molecule has 100 valence electrons. The van der Waals surface area contributed by atoms with Crippen LogP contribution in [0.3, 0.4) is 0 Å². The summed E-state index contributed by atoms with van der Waals surface area (Å²) in [5.41, 5.74) is 0.459. The molecular weight excluding hydrogens is 258 g/mol. The topological polar surface area (TPSA) is 80.3 Å². The molecule has 2 aromatic rings. The van der Waals surface area contributed by atoms with Crippen LogP contribution in [0.5, 0.6) is 0 Å². The highest BCUT2D eigenvalue weighted by Gasteiger charge is 2.17. The van der Waals surface area contributed by atoms with Crippen LogP contribution in [0.25, 0.3) is 10.8 Å². The maximum absolute atomic E-state index is 11.9. The molecular formula is C15H11NO4. The van der Waals surface area contributed by atoms with Gasteiger partial charge >= 0.3 is 0 Å². The van der Waals surface area contributed by atoms with E-state index in [1.165, 1.54) is 13.0 Å². The molecule has 2 amide bonds. The minimum Gasteiger partial charge on any atom is -0.298 e. The monoisotopic (exact) mass is 269 g/mol. The molecule has 0 aliphatic rings. The molecule has 5 nitrogen and oxygen atoms in total. The van der Waals surface area contributed by atoms with Crippen molar-refractivity contribution in [3.05, 3.63) is 47.0 Å². The van der Waals surface area contributed by atoms with Crippen molar-refractivity contribution in [2.75, 3.05) is 0 Å². The second-order valence-electron chi connectivity index (χ2n) is 4.22. The average molecular weight is 269 g/mol. The predicted octanol–water partition coefficient (Wildman–Crippen LogP) is 1.74. The van der Waals surface area contributed by atoms with Crippen molar-refractivity contribution in [1.82, 2.24) is 5.32 Å². The molecule has 0 unspecified atom stereocenters. The number of benzene rings is 2. The average Bonchev–Trinajstić information content (AvgIpc) is 2.44. The van der Waals surface area contributed by atoms with E-state index in [0.29, 0.717) is 28.9 Å². The van der Waals surface area contributed by atoms with Gasteiger partial charge in [-0.15, -0.1) is 0 Å². The van der Waals surface area contributed by atoms with Gasteiger partial charge in [-0.1, -0.05) is 24.3 Å². The fourth-order valence-electron chi connectivity index (χ4n) is 2.07. The summed E-state index contributed by atoms with van der Waals surface area (Å²) >= 11 is 0. The van der Waals surface area contributed by atoms with Crippen molar-refractivity contribution in [3.8, 4) is 0 Å². The third kappa shape index (κ3) is 2.33. The first-order valence-electron chi connectivity index (χ1n) is 5.86. The molecule has 0 bridgehead atoms. The van der Waals surface area contributed by atoms with Crippen LogP contribution in [-0.2, 0) is 4.79 Å². The molecule has 0 aliphatic carbocycles. The maximum atomic E-state index is 11.9. The Bertz CT molecular complexity index is 734. The zero-order valence-corrected chi connectivity index (χ0v) is 10.7. The quantitative estimate of drug-likeness (QED) is 0.861. The lowest BCUT2D eigenvalue weighted by atomic mass is 9.95. The lowest BCUT2D eigenvalue weighted by Crippen LogP contribution is -2.29. The van der Waals surface area contributed by atoms with Crippen molar-refractivity contribution in [2.24, 2.45) is 0 Å². The number of nitrogens with one attached hydrogen (secondary N) is 1. The Hall–Kier alpha value is -2.82. The summed E-state index contributed by atoms with van der Waals surface area (Å²) in [4.78, 5) is 45.3. The van der Waals surface area contributed by atoms with Gasteiger partial charge in [0.05, 0.1) is 5.56 Å². The van der Waals surface area contributed by atoms with E-state index in [1.807, 2.05) is 0 Å². The summed E-state index contributed by atoms with van der Waals surface area (Å²) in [6.45, 7) is 1.19. The standard InChI is InChI=1S/C15H11NO4/c1-9(19)16-15(20)13-6-10(7-17)11-4-2-3-5-12(11)14(13)8-18/h2-8H,1H3,(H,16,19,20). The molecule has 0 atom stereocenters. The molecule has 0 saturated heterocycles. The van der Waals surface area contributed by atoms with Gasteiger partial charge in [0.15, 0.2) is 12.6 Å². The Morgan fingerprint density at radius 3 is 2.25 bits per heavy atom. The van der Waals surface area contributed by atoms with Crippen LogP contribution < -0.4 is 5.32 Å². The maximum Gasteiger partial charge on any atom is 0.258 e. The number of imide groups is 1. The summed E-state index contributed by atoms with van der Waals surface area (Å²) < 4.78 is 0. The number of carbonyl (C=O) groups is 4. The van der Waals surface area contributed by atoms with E-state index < -0.39 is 11.8 Å². The van der Waals surface area contributed by atoms with E-state index in [2.05, 4.69) is 5.32 Å². The molecule has 0 aromatic heterocycles. The third-order valence-corrected chi connectivity index (χ3v) is 2.90. The normalized spacial score (nSPS) is 10.1. The fraction of sp³-hybridized carbons (Fsp3) is 0.0667. The summed E-state index contributed by atoms with van der Waals surface area (Å²) in [6, 6.07) is 8.10. The molecule has 0 saturated carbocycles. The van der Waals surface area contributed by atoms with Crippen molar-refractivity contribution in [1.29, 1.82) is 0 Å². The number of rotatable bonds is 3. The molecule has 0 aliphatic heterocycles. The number of fused-ring (bicyclic) bond motifs is 1. The molecule has 0 radical (unpaired) electrons. The van der Waals surface area contributed by atoms with E-state index in [1.54, 1.807) is 24.3 Å². The zero-order chi connectivity index (χ0) is 14.7. The van der Waals surface area contributed by atoms with Crippen molar-refractivity contribution in [2.45, 2.75) is 6.92 Å². The number of hydrogen-bond donors (Lipinski definition) is 1. The van der Waals surface area contributed by atoms with Crippen molar-refractivity contribution >= 4 is 35.2 Å². The third-order valence-electron chi connectivity index (χ3n) is 2.90. The summed E-state index contributed by atoms with van der Waals surface area (Å²) in [5, 5.41) is 3.18. The van der Waals surface area contributed by atoms with E-state index in [0.717, 1.165) is 0 Å². The lowest BCUT2D eigenvalue weighted by molar-refractivity contribution is -0.118. The second-order valence-corrected chi connectivity index (χ2v) is 4.22. The first kappa shape index (κ1) is 13.6. The van der Waals surface area contributed by atoms with E-state index >= 15 is 0 Å². The first-order chi connectivity index (χ1) is 9.58. The smallest absolute Gasteiger partial charge is 0.258 e. The Morgan fingerprint density at radius 2 is 1.70 bits per heavy atom. The number of amides is 2. The molecule has 0 heterocycles. The van der Waals surface area contributed by atoms with Crippen LogP contribution in [0.2, 0.25) is 0 Å². The molecule has 1 N–H and O–H groups in total. The van der Waals surface area contributed by atoms with Gasteiger partial charge in [0, 0.05) is 18.1 Å². The molecule has 5 heteroatoms. The van der Waals surface area contributed by atoms with Crippen LogP contribution in [0.1, 0.15) is 38.0 Å². The van der Waals surface area contributed by atoms with E-state index in [9.17, 15) is 19.2 Å². The highest BCUT2D eigenvalue weighted by atomic mass is 16.2. The fourth-order valence-corrected chi connectivity index (χ4v) is 2.07. The molecule has 2 aromatic carbocycles. The minimum atomic E-state index is -0.701. The molecule has 0 spiro atoms. The van der Waals surface area contributed by atoms with Crippen molar-refractivity contribution in [3.63, 3.8) is 0 Å². The van der Waals surface area contributed by atoms with Gasteiger partial charge in [-0.2, -0.15) is 0 Å². The van der Waals surface area contributed by atoms with Gasteiger partial charge in [0.25, 0.3) is 5.91 Å². The molecule has 20 heavy (non-hydrogen) atoms. The molecule has 0 fully saturated rings. The number of carbonyl (C=O) groups excluding carboxylic acids is 4. The minimum absolute atomic E-state index is 0.0102. The second kappa shape index (κ2) is 5.44. The highest BCUT2D eigenvalue weighted by Crippen LogP contribution is 2.24. The van der Waals surface area contributed by atoms with Gasteiger partial charge in [0.2, 0.25) is 5.91 Å². The summed E-state index contributed by atoms with van der Waals surface area (Å²) in [7, 11) is 0. The highest BCUT2D eigenvalue weighted by molar-refractivity contribution is 6.16. The number of hydrogen-bond acceptors (Lipinski definition) is 4. The van der Waals surface area contributed by atoms with Gasteiger partial charge in [-0.3, -0.25) is 24.5 Å². The van der Waals surface area contributed by atoms with E-state index in [-0.39, 0.29) is 11.1 Å². The SMILES string of the molecule is CC(=O)NC(=O)c1cc(C=O)c2ccccc2c1C=O. The Balaban J connectivity index is 2.77. The van der Waals surface area contributed by atoms with Crippen LogP contribution in [0.15, 0.2) is 30.3 Å². The van der Waals surface area contributed by atoms with Gasteiger partial charge in [-0.05, 0) is 16.8 Å². The van der Waals surface area contributed by atoms with Gasteiger partial charge < -0.3 is 0 Å². The van der Waals surface area contributed by atoms with Gasteiger partial charge in [0.1, 0.15) is 0 Å². The van der Waals surface area contributed by atoms with Crippen LogP contribution in [0.4, 0.5) is 0 Å². The Kier molecular flexibility index (Phi) is 3.70. The largest absolute Gasteiger partial charge is 0.298 e. The first-order valence-corrected chi connectivity index (χ1v) is 5.86. The Labute approximate surface area is 114 Å². The summed E-state index contributed by atoms with van der Waals surface area (Å²) in [6.07, 6.45) is 1.16. The lowest BCUT2D eigenvalue weighted by Gasteiger charge is -2.10. The molecule has 2 rings (SSSR count). The van der Waals surface area contributed by atoms with Crippen LogP contribution in [-0.4, -0.2) is 24.4 Å². The predicted molar refractivity (Wildman–Crippen MR) is 72.9 cm³/mol. The van der Waals surface area contributed by atoms with Crippen LogP contribution in [0, 0.1) is 0 Å². The van der Waals surface area contributed by atoms with Crippen molar-refractivity contribution < 1.29 is 19.2 Å². The Morgan fingerprint density at radius 1 is 1.05 bits per heavy atom. The van der Waals surface area contributed by atoms with E-state index in [4.69, 9.17) is 0 Å². The summed E-state index contributed by atoms with van der Waals surface area (Å²) in [5.74, 6) is -1.24.